The molecular weight excluding hydrogens is 346 g/mol. The molecule has 0 aliphatic heterocycles. The molecular formula is C20H17N3O2S. The first-order valence-corrected chi connectivity index (χ1v) is 9.07. The van der Waals surface area contributed by atoms with Crippen molar-refractivity contribution in [3.05, 3.63) is 66.6 Å². The molecule has 0 saturated heterocycles. The zero-order chi connectivity index (χ0) is 18.1. The molecule has 26 heavy (non-hydrogen) atoms. The van der Waals surface area contributed by atoms with Gasteiger partial charge in [0.2, 0.25) is 0 Å². The molecule has 6 heteroatoms. The number of carbonyl (C=O) groups excluding carboxylic acids is 1. The molecule has 4 rings (SSSR count). The minimum atomic E-state index is -0.360. The second kappa shape index (κ2) is 6.65. The first kappa shape index (κ1) is 16.4. The van der Waals surface area contributed by atoms with E-state index in [2.05, 4.69) is 23.2 Å². The average molecular weight is 363 g/mol. The van der Waals surface area contributed by atoms with E-state index in [0.717, 1.165) is 10.4 Å². The van der Waals surface area contributed by atoms with Crippen LogP contribution in [0.2, 0.25) is 0 Å². The Hall–Kier alpha value is -3.12. The number of esters is 1. The van der Waals surface area contributed by atoms with Crippen molar-refractivity contribution < 1.29 is 9.53 Å². The summed E-state index contributed by atoms with van der Waals surface area (Å²) in [5.74, 6) is 0.260. The van der Waals surface area contributed by atoms with E-state index in [4.69, 9.17) is 10.5 Å². The summed E-state index contributed by atoms with van der Waals surface area (Å²) < 4.78 is 8.10. The Morgan fingerprint density at radius 2 is 2.08 bits per heavy atom. The Morgan fingerprint density at radius 3 is 2.88 bits per heavy atom. The number of pyridine rings is 1. The summed E-state index contributed by atoms with van der Waals surface area (Å²) in [6.45, 7) is 2.12. The van der Waals surface area contributed by atoms with Crippen molar-refractivity contribution in [2.75, 3.05) is 12.3 Å². The molecule has 130 valence electrons. The number of hydrogen-bond donors (Lipinski definition) is 1. The predicted octanol–water partition coefficient (Wildman–Crippen LogP) is 4.51. The number of rotatable bonds is 4. The Kier molecular flexibility index (Phi) is 4.18. The summed E-state index contributed by atoms with van der Waals surface area (Å²) in [5, 5.41) is 1.20. The van der Waals surface area contributed by atoms with Crippen LogP contribution < -0.4 is 5.73 Å². The number of nitrogen functional groups attached to an aromatic ring is 1. The maximum absolute atomic E-state index is 11.9. The van der Waals surface area contributed by atoms with Crippen LogP contribution in [0.1, 0.15) is 17.3 Å². The lowest BCUT2D eigenvalue weighted by Crippen LogP contribution is -2.06. The second-order valence-corrected chi connectivity index (χ2v) is 6.89. The first-order valence-electron chi connectivity index (χ1n) is 8.25. The van der Waals surface area contributed by atoms with E-state index >= 15 is 0 Å². The fourth-order valence-corrected chi connectivity index (χ4v) is 3.92. The van der Waals surface area contributed by atoms with E-state index in [1.165, 1.54) is 10.1 Å². The normalized spacial score (nSPS) is 11.0. The number of aromatic nitrogens is 2. The molecule has 2 N–H and O–H groups in total. The van der Waals surface area contributed by atoms with Crippen LogP contribution in [0, 0.1) is 0 Å². The molecule has 5 nitrogen and oxygen atoms in total. The number of carbonyl (C=O) groups is 1. The molecule has 0 fully saturated rings. The maximum Gasteiger partial charge on any atom is 0.338 e. The van der Waals surface area contributed by atoms with Crippen LogP contribution in [0.3, 0.4) is 0 Å². The van der Waals surface area contributed by atoms with Crippen molar-refractivity contribution in [3.63, 3.8) is 0 Å². The van der Waals surface area contributed by atoms with Crippen molar-refractivity contribution in [2.24, 2.45) is 0 Å². The van der Waals surface area contributed by atoms with Crippen molar-refractivity contribution >= 4 is 33.1 Å². The SMILES string of the molecule is CCOC(=O)c1ccnc(-n2cc(N)c(-c3cc4ccccc4s3)c2)c1. The molecule has 0 amide bonds. The average Bonchev–Trinajstić information content (AvgIpc) is 3.25. The van der Waals surface area contributed by atoms with Crippen LogP contribution in [0.15, 0.2) is 61.1 Å². The van der Waals surface area contributed by atoms with Crippen LogP contribution >= 0.6 is 11.3 Å². The van der Waals surface area contributed by atoms with Crippen molar-refractivity contribution in [1.29, 1.82) is 0 Å². The summed E-state index contributed by atoms with van der Waals surface area (Å²) in [7, 11) is 0. The summed E-state index contributed by atoms with van der Waals surface area (Å²) in [6, 6.07) is 13.7. The highest BCUT2D eigenvalue weighted by Gasteiger charge is 2.13. The molecule has 0 aliphatic rings. The van der Waals surface area contributed by atoms with Crippen LogP contribution in [0.5, 0.6) is 0 Å². The Balaban J connectivity index is 1.72. The zero-order valence-electron chi connectivity index (χ0n) is 14.2. The molecule has 0 radical (unpaired) electrons. The quantitative estimate of drug-likeness (QED) is 0.542. The van der Waals surface area contributed by atoms with Crippen molar-refractivity contribution in [2.45, 2.75) is 6.92 Å². The summed E-state index contributed by atoms with van der Waals surface area (Å²) in [6.07, 6.45) is 5.35. The van der Waals surface area contributed by atoms with Crippen LogP contribution in [-0.2, 0) is 4.74 Å². The van der Waals surface area contributed by atoms with Gasteiger partial charge in [-0.05, 0) is 36.6 Å². The van der Waals surface area contributed by atoms with Gasteiger partial charge >= 0.3 is 5.97 Å². The standard InChI is InChI=1S/C20H17N3O2S/c1-2-25-20(24)14-7-8-22-19(10-14)23-11-15(16(21)12-23)18-9-13-5-3-4-6-17(13)26-18/h3-12H,2,21H2,1H3. The van der Waals surface area contributed by atoms with Gasteiger partial charge in [0.05, 0.1) is 17.9 Å². The van der Waals surface area contributed by atoms with Crippen molar-refractivity contribution in [1.82, 2.24) is 9.55 Å². The van der Waals surface area contributed by atoms with E-state index in [1.807, 2.05) is 29.1 Å². The first-order chi connectivity index (χ1) is 12.7. The summed E-state index contributed by atoms with van der Waals surface area (Å²) in [5.41, 5.74) is 8.33. The molecule has 0 atom stereocenters. The third-order valence-electron chi connectivity index (χ3n) is 4.07. The van der Waals surface area contributed by atoms with Gasteiger partial charge in [-0.15, -0.1) is 11.3 Å². The molecule has 3 heterocycles. The molecule has 0 saturated carbocycles. The van der Waals surface area contributed by atoms with Gasteiger partial charge in [-0.1, -0.05) is 18.2 Å². The van der Waals surface area contributed by atoms with Gasteiger partial charge in [0.15, 0.2) is 0 Å². The van der Waals surface area contributed by atoms with Gasteiger partial charge < -0.3 is 15.0 Å². The molecule has 1 aromatic carbocycles. The van der Waals surface area contributed by atoms with Crippen LogP contribution in [0.25, 0.3) is 26.3 Å². The van der Waals surface area contributed by atoms with Gasteiger partial charge in [0.1, 0.15) is 5.82 Å². The summed E-state index contributed by atoms with van der Waals surface area (Å²) in [4.78, 5) is 17.4. The number of benzene rings is 1. The van der Waals surface area contributed by atoms with E-state index in [-0.39, 0.29) is 5.97 Å². The fraction of sp³-hybridized carbons (Fsp3) is 0.100. The Morgan fingerprint density at radius 1 is 1.23 bits per heavy atom. The maximum atomic E-state index is 11.9. The molecule has 0 unspecified atom stereocenters. The summed E-state index contributed by atoms with van der Waals surface area (Å²) >= 11 is 1.70. The lowest BCUT2D eigenvalue weighted by molar-refractivity contribution is 0.0526. The van der Waals surface area contributed by atoms with Crippen LogP contribution in [0.4, 0.5) is 5.69 Å². The smallest absolute Gasteiger partial charge is 0.338 e. The van der Waals surface area contributed by atoms with Crippen molar-refractivity contribution in [3.8, 4) is 16.3 Å². The van der Waals surface area contributed by atoms with Gasteiger partial charge in [-0.25, -0.2) is 9.78 Å². The van der Waals surface area contributed by atoms with E-state index in [9.17, 15) is 4.79 Å². The molecule has 3 aromatic heterocycles. The number of thiophene rings is 1. The fourth-order valence-electron chi connectivity index (χ4n) is 2.82. The second-order valence-electron chi connectivity index (χ2n) is 5.81. The molecule has 0 bridgehead atoms. The van der Waals surface area contributed by atoms with Gasteiger partial charge in [-0.3, -0.25) is 0 Å². The Labute approximate surface area is 154 Å². The molecule has 0 aliphatic carbocycles. The highest BCUT2D eigenvalue weighted by Crippen LogP contribution is 2.37. The number of nitrogens with two attached hydrogens (primary N) is 1. The largest absolute Gasteiger partial charge is 0.462 e. The van der Waals surface area contributed by atoms with E-state index < -0.39 is 0 Å². The number of hydrogen-bond acceptors (Lipinski definition) is 5. The van der Waals surface area contributed by atoms with Gasteiger partial charge in [-0.2, -0.15) is 0 Å². The topological polar surface area (TPSA) is 70.1 Å². The monoisotopic (exact) mass is 363 g/mol. The lowest BCUT2D eigenvalue weighted by Gasteiger charge is -2.05. The third kappa shape index (κ3) is 2.95. The minimum Gasteiger partial charge on any atom is -0.462 e. The lowest BCUT2D eigenvalue weighted by atomic mass is 10.2. The molecule has 4 aromatic rings. The highest BCUT2D eigenvalue weighted by atomic mass is 32.1. The minimum absolute atomic E-state index is 0.336. The number of fused-ring (bicyclic) bond motifs is 1. The third-order valence-corrected chi connectivity index (χ3v) is 5.22. The number of nitrogens with zero attached hydrogens (tertiary/aromatic N) is 2. The number of ether oxygens (including phenoxy) is 1. The zero-order valence-corrected chi connectivity index (χ0v) is 15.0. The van der Waals surface area contributed by atoms with Gasteiger partial charge in [0, 0.05) is 33.7 Å². The van der Waals surface area contributed by atoms with E-state index in [0.29, 0.717) is 23.7 Å². The van der Waals surface area contributed by atoms with E-state index in [1.54, 1.807) is 36.6 Å². The van der Waals surface area contributed by atoms with Crippen LogP contribution in [-0.4, -0.2) is 22.1 Å². The Bertz CT molecular complexity index is 1060. The highest BCUT2D eigenvalue weighted by molar-refractivity contribution is 7.22. The number of anilines is 1. The van der Waals surface area contributed by atoms with Gasteiger partial charge in [0.25, 0.3) is 0 Å². The molecule has 0 spiro atoms. The predicted molar refractivity (Wildman–Crippen MR) is 105 cm³/mol.